The minimum absolute atomic E-state index is 0.555. The average molecular weight is 1010 g/mol. The Labute approximate surface area is 455 Å². The van der Waals surface area contributed by atoms with Crippen LogP contribution in [-0.2, 0) is 0 Å². The molecule has 79 heavy (non-hydrogen) atoms. The maximum atomic E-state index is 5.37. The number of benzene rings is 12. The van der Waals surface area contributed by atoms with Crippen molar-refractivity contribution >= 4 is 87.0 Å². The van der Waals surface area contributed by atoms with Crippen molar-refractivity contribution in [1.82, 2.24) is 28.7 Å². The molecule has 0 saturated heterocycles. The highest BCUT2D eigenvalue weighted by Crippen LogP contribution is 2.42. The van der Waals surface area contributed by atoms with Gasteiger partial charge in [0.25, 0.3) is 0 Å². The van der Waals surface area contributed by atoms with E-state index in [1.807, 2.05) is 0 Å². The lowest BCUT2D eigenvalue weighted by atomic mass is 9.99. The highest BCUT2D eigenvalue weighted by molar-refractivity contribution is 6.15. The lowest BCUT2D eigenvalue weighted by molar-refractivity contribution is 0.952. The van der Waals surface area contributed by atoms with Gasteiger partial charge in [-0.15, -0.1) is 0 Å². The molecule has 0 spiro atoms. The molecule has 6 nitrogen and oxygen atoms in total. The highest BCUT2D eigenvalue weighted by atomic mass is 15.2. The Morgan fingerprint density at radius 2 is 0.620 bits per heavy atom. The monoisotopic (exact) mass is 1010 g/mol. The van der Waals surface area contributed by atoms with Gasteiger partial charge in [0.1, 0.15) is 0 Å². The molecule has 0 radical (unpaired) electrons. The second-order valence-corrected chi connectivity index (χ2v) is 21.1. The molecule has 0 unspecified atom stereocenters. The van der Waals surface area contributed by atoms with Gasteiger partial charge < -0.3 is 9.13 Å². The number of fused-ring (bicyclic) bond motifs is 11. The summed E-state index contributed by atoms with van der Waals surface area (Å²) in [5.41, 5.74) is 17.6. The van der Waals surface area contributed by atoms with Crippen molar-refractivity contribution in [2.75, 3.05) is 0 Å². The molecule has 12 aromatic carbocycles. The minimum Gasteiger partial charge on any atom is -0.309 e. The Morgan fingerprint density at radius 3 is 1.10 bits per heavy atom. The molecular formula is C73H48N6. The number of rotatable bonds is 7. The molecule has 0 atom stereocenters. The van der Waals surface area contributed by atoms with Crippen LogP contribution in [0.5, 0.6) is 0 Å². The van der Waals surface area contributed by atoms with Crippen LogP contribution in [0.4, 0.5) is 0 Å². The number of hydrogen-bond acceptors (Lipinski definition) is 3. The van der Waals surface area contributed by atoms with E-state index in [2.05, 4.69) is 282 Å². The molecule has 6 heteroatoms. The predicted octanol–water partition coefficient (Wildman–Crippen LogP) is 18.8. The third-order valence-corrected chi connectivity index (χ3v) is 16.1. The van der Waals surface area contributed by atoms with Crippen LogP contribution in [0.1, 0.15) is 11.1 Å². The van der Waals surface area contributed by atoms with Gasteiger partial charge in [-0.1, -0.05) is 169 Å². The van der Waals surface area contributed by atoms with Gasteiger partial charge in [-0.25, -0.2) is 4.98 Å². The Morgan fingerprint density at radius 1 is 0.241 bits per heavy atom. The fourth-order valence-electron chi connectivity index (χ4n) is 12.4. The van der Waals surface area contributed by atoms with Gasteiger partial charge in [-0.05, 0) is 155 Å². The zero-order valence-electron chi connectivity index (χ0n) is 43.4. The van der Waals surface area contributed by atoms with Crippen LogP contribution >= 0.6 is 0 Å². The van der Waals surface area contributed by atoms with E-state index in [0.717, 1.165) is 77.5 Å². The molecular weight excluding hydrogens is 961 g/mol. The van der Waals surface area contributed by atoms with E-state index in [4.69, 9.17) is 15.0 Å². The van der Waals surface area contributed by atoms with Gasteiger partial charge in [0.2, 0.25) is 5.95 Å². The van der Waals surface area contributed by atoms with Gasteiger partial charge in [-0.3, -0.25) is 4.57 Å². The van der Waals surface area contributed by atoms with Crippen molar-refractivity contribution in [3.8, 4) is 62.4 Å². The minimum atomic E-state index is 0.555. The van der Waals surface area contributed by atoms with Crippen LogP contribution in [0.25, 0.3) is 149 Å². The Bertz CT molecular complexity index is 4870. The van der Waals surface area contributed by atoms with Gasteiger partial charge in [0.05, 0.1) is 33.1 Å². The van der Waals surface area contributed by atoms with Gasteiger partial charge in [0.15, 0.2) is 11.6 Å². The zero-order valence-corrected chi connectivity index (χ0v) is 43.4. The van der Waals surface area contributed by atoms with Crippen molar-refractivity contribution in [3.63, 3.8) is 0 Å². The number of aryl methyl sites for hydroxylation is 2. The smallest absolute Gasteiger partial charge is 0.238 e. The molecule has 0 bridgehead atoms. The van der Waals surface area contributed by atoms with Crippen LogP contribution < -0.4 is 0 Å². The fourth-order valence-corrected chi connectivity index (χ4v) is 12.4. The quantitative estimate of drug-likeness (QED) is 0.160. The Hall–Kier alpha value is -10.4. The second kappa shape index (κ2) is 17.6. The van der Waals surface area contributed by atoms with Gasteiger partial charge >= 0.3 is 0 Å². The first-order valence-electron chi connectivity index (χ1n) is 27.0. The van der Waals surface area contributed by atoms with E-state index in [1.165, 1.54) is 65.3 Å². The highest BCUT2D eigenvalue weighted by Gasteiger charge is 2.22. The molecule has 16 rings (SSSR count). The summed E-state index contributed by atoms with van der Waals surface area (Å²) < 4.78 is 7.09. The van der Waals surface area contributed by atoms with Crippen molar-refractivity contribution < 1.29 is 0 Å². The SMILES string of the molecule is Cc1cccc(-c2nc(-c3cccc(C)c3)nc(-n3c4ccc(-n5c6ccccc6c6cc(-c7ccc8ccccc8c7)ccc65)cc4c4cc(-n5c6ccccc6c6cc(-c7ccc8ccccc8c7)ccc65)ccc43)n2)c1. The first-order valence-corrected chi connectivity index (χ1v) is 27.0. The number of para-hydroxylation sites is 2. The standard InChI is InChI=1S/C73H48N6/c1-45-13-11-19-55(37-45)71-74-72(56-20-12-14-46(2)38-56)76-73(75-71)79-69-35-31-57(77-65-23-9-7-21-59(65)61-41-53(29-33-67(61)77)51-27-25-47-15-3-5-17-49(47)39-51)43-63(69)64-44-58(32-36-70(64)79)78-66-24-10-8-22-60(66)62-42-54(30-34-68(62)78)52-28-26-48-16-4-6-18-50(48)40-52/h3-44H,1-2H3. The zero-order chi connectivity index (χ0) is 52.3. The maximum Gasteiger partial charge on any atom is 0.238 e. The van der Waals surface area contributed by atoms with Crippen molar-refractivity contribution in [2.45, 2.75) is 13.8 Å². The third-order valence-electron chi connectivity index (χ3n) is 16.1. The summed E-state index contributed by atoms with van der Waals surface area (Å²) >= 11 is 0. The second-order valence-electron chi connectivity index (χ2n) is 21.1. The van der Waals surface area contributed by atoms with Crippen LogP contribution in [0, 0.1) is 13.8 Å². The van der Waals surface area contributed by atoms with E-state index in [1.54, 1.807) is 0 Å². The first-order chi connectivity index (χ1) is 38.9. The van der Waals surface area contributed by atoms with E-state index >= 15 is 0 Å². The fraction of sp³-hybridized carbons (Fsp3) is 0.0274. The van der Waals surface area contributed by atoms with E-state index < -0.39 is 0 Å². The lowest BCUT2D eigenvalue weighted by Gasteiger charge is -2.12. The normalized spacial score (nSPS) is 11.9. The Kier molecular flexibility index (Phi) is 9.97. The average Bonchev–Trinajstić information content (AvgIpc) is 4.08. The van der Waals surface area contributed by atoms with Gasteiger partial charge in [0, 0.05) is 54.8 Å². The summed E-state index contributed by atoms with van der Waals surface area (Å²) in [5, 5.41) is 11.9. The van der Waals surface area contributed by atoms with E-state index in [-0.39, 0.29) is 0 Å². The largest absolute Gasteiger partial charge is 0.309 e. The molecule has 0 saturated carbocycles. The molecule has 4 heterocycles. The molecule has 0 aliphatic heterocycles. The third kappa shape index (κ3) is 7.29. The number of nitrogens with zero attached hydrogens (tertiary/aromatic N) is 6. The summed E-state index contributed by atoms with van der Waals surface area (Å²) in [6, 6.07) is 92.7. The van der Waals surface area contributed by atoms with Crippen LogP contribution in [-0.4, -0.2) is 28.7 Å². The summed E-state index contributed by atoms with van der Waals surface area (Å²) in [6.45, 7) is 4.22. The molecule has 4 aromatic heterocycles. The molecule has 0 N–H and O–H groups in total. The molecule has 370 valence electrons. The summed E-state index contributed by atoms with van der Waals surface area (Å²) in [7, 11) is 0. The lowest BCUT2D eigenvalue weighted by Crippen LogP contribution is -2.06. The van der Waals surface area contributed by atoms with E-state index in [0.29, 0.717) is 17.6 Å². The molecule has 0 fully saturated rings. The van der Waals surface area contributed by atoms with Crippen molar-refractivity contribution in [1.29, 1.82) is 0 Å². The molecule has 0 aliphatic rings. The number of hydrogen-bond donors (Lipinski definition) is 0. The summed E-state index contributed by atoms with van der Waals surface area (Å²) in [5.74, 6) is 1.80. The van der Waals surface area contributed by atoms with Crippen molar-refractivity contribution in [2.24, 2.45) is 0 Å². The Balaban J connectivity index is 0.933. The topological polar surface area (TPSA) is 53.5 Å². The summed E-state index contributed by atoms with van der Waals surface area (Å²) in [4.78, 5) is 15.9. The molecule has 0 amide bonds. The number of aromatic nitrogens is 6. The van der Waals surface area contributed by atoms with Crippen molar-refractivity contribution in [3.05, 3.63) is 266 Å². The maximum absolute atomic E-state index is 5.37. The van der Waals surface area contributed by atoms with Crippen LogP contribution in [0.15, 0.2) is 255 Å². The van der Waals surface area contributed by atoms with E-state index in [9.17, 15) is 0 Å². The molecule has 0 aliphatic carbocycles. The summed E-state index contributed by atoms with van der Waals surface area (Å²) in [6.07, 6.45) is 0. The molecule has 16 aromatic rings. The first kappa shape index (κ1) is 44.8. The predicted molar refractivity (Wildman–Crippen MR) is 329 cm³/mol. The van der Waals surface area contributed by atoms with Gasteiger partial charge in [-0.2, -0.15) is 9.97 Å². The van der Waals surface area contributed by atoms with Crippen LogP contribution in [0.3, 0.4) is 0 Å². The van der Waals surface area contributed by atoms with Crippen LogP contribution in [0.2, 0.25) is 0 Å².